The van der Waals surface area contributed by atoms with Gasteiger partial charge < -0.3 is 70.1 Å². The summed E-state index contributed by atoms with van der Waals surface area (Å²) in [5, 5.41) is 30.2. The SMILES string of the molecule is [CH2-]COc1ccc2ccc(Cl)cc2c1.[CH2-]COc1ccc2ccccc2c1.[CH2-]COn1ccc2ccc(C#N)cc21.[CH2-]Cc1ccc2ccc(Cl)cc2c1.[CH2-]Cc1ccc2ccc(F)cc2c1.[CH2-]Cc1ccc2ccccc2c1.[CH2-]Oc1ccc2ccc(Cl)cc2c1.[CH2-]Oc1ccc2ccc(F)cc2c1.[CH2-]Oc1ccc2ccccc2c1.[Co].[Co].[Co].[Co].[Co].[Co].[Co].[Co].[Co]. The quantitative estimate of drug-likeness (QED) is 0.113. The number of rotatable bonds is 12. The third kappa shape index (κ3) is 35.8. The van der Waals surface area contributed by atoms with Gasteiger partial charge in [-0.1, -0.05) is 246 Å². The Hall–Kier alpha value is -8.06. The largest absolute Gasteiger partial charge is 0.665 e. The second-order valence-electron chi connectivity index (χ2n) is 26.1. The topological polar surface area (TPSA) is 84.1 Å². The molecule has 0 spiro atoms. The molecule has 18 aromatic rings. The molecule has 0 saturated carbocycles. The molecule has 17 aromatic carbocycles. The number of nitriles is 1. The van der Waals surface area contributed by atoms with E-state index in [4.69, 9.17) is 68.6 Å². The van der Waals surface area contributed by atoms with E-state index in [9.17, 15) is 8.78 Å². The van der Waals surface area contributed by atoms with Gasteiger partial charge in [-0.15, -0.1) is 0 Å². The molecule has 0 atom stereocenters. The Morgan fingerprint density at radius 2 is 0.540 bits per heavy atom. The number of benzene rings is 17. The van der Waals surface area contributed by atoms with E-state index in [1.807, 2.05) is 188 Å². The summed E-state index contributed by atoms with van der Waals surface area (Å²) < 4.78 is 52.4. The van der Waals surface area contributed by atoms with Crippen molar-refractivity contribution in [1.29, 1.82) is 5.26 Å². The predicted octanol–water partition coefficient (Wildman–Crippen LogP) is 28.8. The van der Waals surface area contributed by atoms with Crippen molar-refractivity contribution in [3.8, 4) is 34.8 Å². The first kappa shape index (κ1) is 116. The van der Waals surface area contributed by atoms with Crippen LogP contribution >= 0.6 is 34.8 Å². The van der Waals surface area contributed by atoms with E-state index in [1.165, 1.54) is 72.4 Å². The fourth-order valence-corrected chi connectivity index (χ4v) is 12.8. The summed E-state index contributed by atoms with van der Waals surface area (Å²) in [6.07, 6.45) is 4.25. The number of nitrogens with zero attached hydrogens (tertiary/aromatic N) is 2. The summed E-state index contributed by atoms with van der Waals surface area (Å²) in [6, 6.07) is 109. The van der Waals surface area contributed by atoms with E-state index in [0.29, 0.717) is 31.1 Å². The minimum Gasteiger partial charge on any atom is -0.665 e. The monoisotopic (exact) mass is 2130 g/mol. The van der Waals surface area contributed by atoms with Crippen molar-refractivity contribution < 1.29 is 188 Å². The first-order valence-electron chi connectivity index (χ1n) is 37.3. The molecule has 0 unspecified atom stereocenters. The second-order valence-corrected chi connectivity index (χ2v) is 27.4. The normalized spacial score (nSPS) is 9.60. The number of halogens is 5. The number of fused-ring (bicyclic) bond motifs is 9. The molecule has 0 aliphatic rings. The molecule has 8 nitrogen and oxygen atoms in total. The molecule has 126 heavy (non-hydrogen) atoms. The number of hydrogen-bond acceptors (Lipinski definition) is 7. The molecule has 0 N–H and O–H groups in total. The molecule has 22 heteroatoms. The minimum atomic E-state index is -0.242. The van der Waals surface area contributed by atoms with Gasteiger partial charge in [0.2, 0.25) is 0 Å². The zero-order valence-electron chi connectivity index (χ0n) is 67.7. The molecule has 1 aromatic heterocycles. The van der Waals surface area contributed by atoms with Gasteiger partial charge >= 0.3 is 0 Å². The van der Waals surface area contributed by atoms with Gasteiger partial charge in [-0.2, -0.15) is 50.6 Å². The zero-order valence-corrected chi connectivity index (χ0v) is 79.3. The molecule has 0 aliphatic heterocycles. The van der Waals surface area contributed by atoms with Crippen molar-refractivity contribution in [3.05, 3.63) is 452 Å². The zero-order chi connectivity index (χ0) is 82.8. The summed E-state index contributed by atoms with van der Waals surface area (Å²) in [7, 11) is 10.0. The summed E-state index contributed by atoms with van der Waals surface area (Å²) >= 11 is 17.7. The summed E-state index contributed by atoms with van der Waals surface area (Å²) in [5.74, 6) is 3.47. The van der Waals surface area contributed by atoms with Crippen LogP contribution in [-0.4, -0.2) is 24.6 Å². The van der Waals surface area contributed by atoms with Crippen LogP contribution in [0.4, 0.5) is 8.78 Å². The molecule has 18 rings (SSSR count). The van der Waals surface area contributed by atoms with E-state index >= 15 is 0 Å². The molecule has 0 fully saturated rings. The van der Waals surface area contributed by atoms with Crippen LogP contribution in [0.25, 0.3) is 97.1 Å². The minimum absolute atomic E-state index is 0. The average molecular weight is 2130 g/mol. The van der Waals surface area contributed by atoms with Crippen molar-refractivity contribution >= 4 is 132 Å². The Labute approximate surface area is 846 Å². The smallest absolute Gasteiger partial charge is 0.123 e. The summed E-state index contributed by atoms with van der Waals surface area (Å²) in [6.45, 7) is 23.6. The Morgan fingerprint density at radius 3 is 0.889 bits per heavy atom. The van der Waals surface area contributed by atoms with Crippen molar-refractivity contribution in [2.75, 3.05) is 19.8 Å². The maximum Gasteiger partial charge on any atom is 0.123 e. The third-order valence-corrected chi connectivity index (χ3v) is 18.9. The summed E-state index contributed by atoms with van der Waals surface area (Å²) in [4.78, 5) is 5.25. The second kappa shape index (κ2) is 61.4. The molecule has 0 amide bonds. The van der Waals surface area contributed by atoms with Gasteiger partial charge in [-0.3, -0.25) is 0 Å². The van der Waals surface area contributed by atoms with Crippen LogP contribution < -0.4 is 28.5 Å². The predicted molar refractivity (Wildman–Crippen MR) is 487 cm³/mol. The molecule has 9 radical (unpaired) electrons. The Balaban J connectivity index is 0.000000703. The van der Waals surface area contributed by atoms with Crippen molar-refractivity contribution in [1.82, 2.24) is 4.73 Å². The number of hydrogen-bond donors (Lipinski definition) is 0. The van der Waals surface area contributed by atoms with E-state index in [2.05, 4.69) is 160 Å². The van der Waals surface area contributed by atoms with Crippen LogP contribution in [0, 0.1) is 85.8 Å². The van der Waals surface area contributed by atoms with Gasteiger partial charge in [-0.25, -0.2) is 8.78 Å². The molecule has 1 heterocycles. The van der Waals surface area contributed by atoms with E-state index in [-0.39, 0.29) is 163 Å². The van der Waals surface area contributed by atoms with Gasteiger partial charge in [0.15, 0.2) is 0 Å². The van der Waals surface area contributed by atoms with Gasteiger partial charge in [0.1, 0.15) is 23.1 Å². The van der Waals surface area contributed by atoms with Crippen LogP contribution in [0.2, 0.25) is 15.1 Å². The Bertz CT molecular complexity index is 5930. The Morgan fingerprint density at radius 1 is 0.270 bits per heavy atom. The molecular weight excluding hydrogens is 2050 g/mol. The third-order valence-electron chi connectivity index (χ3n) is 18.2. The summed E-state index contributed by atoms with van der Waals surface area (Å²) in [5.41, 5.74) is 5.21. The van der Waals surface area contributed by atoms with Gasteiger partial charge in [0.25, 0.3) is 0 Å². The van der Waals surface area contributed by atoms with E-state index in [1.54, 1.807) is 47.2 Å². The fraction of sp³-hybridized carbons (Fsp3) is 0.0577. The Kier molecular flexibility index (Phi) is 56.5. The van der Waals surface area contributed by atoms with Crippen molar-refractivity contribution in [2.45, 2.75) is 19.3 Å². The van der Waals surface area contributed by atoms with E-state index < -0.39 is 0 Å². The molecule has 0 bridgehead atoms. The number of aromatic nitrogens is 1. The van der Waals surface area contributed by atoms with E-state index in [0.717, 1.165) is 117 Å². The van der Waals surface area contributed by atoms with Gasteiger partial charge in [0.05, 0.1) is 34.4 Å². The van der Waals surface area contributed by atoms with Crippen LogP contribution in [0.3, 0.4) is 0 Å². The van der Waals surface area contributed by atoms with Crippen LogP contribution in [0.15, 0.2) is 340 Å². The van der Waals surface area contributed by atoms with Crippen LogP contribution in [-0.2, 0) is 170 Å². The molecule has 673 valence electrons. The number of ether oxygens (including phenoxy) is 5. The van der Waals surface area contributed by atoms with Gasteiger partial charge in [0, 0.05) is 178 Å². The molecular formula is C104H86Cl3Co9F2N2O6-9. The average Bonchev–Trinajstić information content (AvgIpc) is 1.30. The van der Waals surface area contributed by atoms with Crippen molar-refractivity contribution in [2.24, 2.45) is 0 Å². The van der Waals surface area contributed by atoms with Gasteiger partial charge in [-0.05, 0) is 246 Å². The van der Waals surface area contributed by atoms with Crippen molar-refractivity contribution in [3.63, 3.8) is 0 Å². The first-order valence-corrected chi connectivity index (χ1v) is 38.5. The maximum atomic E-state index is 12.9. The maximum absolute atomic E-state index is 12.9. The first-order chi connectivity index (χ1) is 57.0. The fourth-order valence-electron chi connectivity index (χ4n) is 12.2. The van der Waals surface area contributed by atoms with Crippen LogP contribution in [0.1, 0.15) is 22.3 Å². The van der Waals surface area contributed by atoms with Crippen LogP contribution in [0.5, 0.6) is 28.7 Å². The molecule has 0 aliphatic carbocycles. The molecule has 0 saturated heterocycles. The standard InChI is InChI=1S/C12H10ClO.C12H10Cl.C12H10F.C12H11O.C12H11.C11H8ClO.C11H8FO.C11H9N2O.C11H9O.9Co/c1-2-14-12-6-4-9-3-5-11(13)7-10(9)8-12;2*1-2-9-3-4-10-5-6-12(13)8-11(10)7-9;1-2-13-12-8-7-10-5-3-4-6-11(10)9-12;1-2-10-7-8-11-5-3-4-6-12(11)9-10;2*1-13-11-5-3-8-2-4-10(12)6-9(8)7-11;1-2-14-13-6-5-10-4-3-9(8-12)7-11(10)13;1-12-11-7-6-9-4-2-3-5-10(9)8-11;;;;;;;;;/h3-8H,1-2H2;2*3-8H,1-2H2;3-9H,1-2H2;3-9H,1-2H2;2*2-7H,1H2;3-7H,1-2H2;2-8H,1H2;;;;;;;;;/q9*-1;;;;;;;;;.